The third-order valence-corrected chi connectivity index (χ3v) is 4.87. The van der Waals surface area contributed by atoms with Crippen molar-refractivity contribution in [3.05, 3.63) is 0 Å². The first kappa shape index (κ1) is 14.8. The van der Waals surface area contributed by atoms with E-state index in [-0.39, 0.29) is 5.91 Å². The molecule has 2 fully saturated rings. The lowest BCUT2D eigenvalue weighted by Gasteiger charge is -2.38. The van der Waals surface area contributed by atoms with Crippen molar-refractivity contribution in [3.8, 4) is 0 Å². The number of nitrogens with zero attached hydrogens (tertiary/aromatic N) is 1. The molecule has 0 bridgehead atoms. The highest BCUT2D eigenvalue weighted by Gasteiger charge is 2.32. The second kappa shape index (κ2) is 6.23. The fourth-order valence-corrected chi connectivity index (χ4v) is 3.21. The summed E-state index contributed by atoms with van der Waals surface area (Å²) in [6.45, 7) is 6.32. The second-order valence-electron chi connectivity index (χ2n) is 6.57. The fraction of sp³-hybridized carbons (Fsp3) is 0.933. The summed E-state index contributed by atoms with van der Waals surface area (Å²) in [7, 11) is 0. The SMILES string of the molecule is CC(=O)N1CCC(NCC2(O)CCC(C)CC2)CC1. The van der Waals surface area contributed by atoms with Gasteiger partial charge in [-0.3, -0.25) is 4.79 Å². The van der Waals surface area contributed by atoms with Crippen LogP contribution in [0, 0.1) is 5.92 Å². The zero-order chi connectivity index (χ0) is 13.9. The minimum absolute atomic E-state index is 0.179. The van der Waals surface area contributed by atoms with Crippen molar-refractivity contribution in [1.82, 2.24) is 10.2 Å². The maximum absolute atomic E-state index is 11.3. The molecule has 1 saturated carbocycles. The number of hydrogen-bond donors (Lipinski definition) is 2. The zero-order valence-electron chi connectivity index (χ0n) is 12.3. The average Bonchev–Trinajstić information content (AvgIpc) is 2.41. The molecule has 4 heteroatoms. The Balaban J connectivity index is 1.70. The molecular weight excluding hydrogens is 240 g/mol. The lowest BCUT2D eigenvalue weighted by molar-refractivity contribution is -0.130. The van der Waals surface area contributed by atoms with Gasteiger partial charge in [-0.2, -0.15) is 0 Å². The molecule has 1 aliphatic carbocycles. The number of rotatable bonds is 3. The Kier molecular flexibility index (Phi) is 4.85. The molecule has 19 heavy (non-hydrogen) atoms. The smallest absolute Gasteiger partial charge is 0.219 e. The molecule has 2 rings (SSSR count). The van der Waals surface area contributed by atoms with Crippen molar-refractivity contribution < 1.29 is 9.90 Å². The van der Waals surface area contributed by atoms with Crippen LogP contribution in [0.4, 0.5) is 0 Å². The van der Waals surface area contributed by atoms with Crippen LogP contribution in [0.25, 0.3) is 0 Å². The fourth-order valence-electron chi connectivity index (χ4n) is 3.21. The van der Waals surface area contributed by atoms with Crippen molar-refractivity contribution in [2.24, 2.45) is 5.92 Å². The summed E-state index contributed by atoms with van der Waals surface area (Å²) in [5.74, 6) is 0.942. The van der Waals surface area contributed by atoms with Gasteiger partial charge in [0.1, 0.15) is 0 Å². The highest BCUT2D eigenvalue weighted by molar-refractivity contribution is 5.73. The number of likely N-dealkylation sites (tertiary alicyclic amines) is 1. The molecule has 110 valence electrons. The van der Waals surface area contributed by atoms with Crippen LogP contribution in [0.1, 0.15) is 52.4 Å². The molecule has 4 nitrogen and oxygen atoms in total. The van der Waals surface area contributed by atoms with Crippen molar-refractivity contribution in [2.45, 2.75) is 64.0 Å². The molecule has 2 N–H and O–H groups in total. The van der Waals surface area contributed by atoms with Crippen LogP contribution in [-0.4, -0.2) is 47.2 Å². The van der Waals surface area contributed by atoms with E-state index < -0.39 is 5.60 Å². The quantitative estimate of drug-likeness (QED) is 0.816. The predicted molar refractivity (Wildman–Crippen MR) is 75.9 cm³/mol. The number of piperidine rings is 1. The predicted octanol–water partition coefficient (Wildman–Crippen LogP) is 1.53. The topological polar surface area (TPSA) is 52.6 Å². The molecule has 1 saturated heterocycles. The Hall–Kier alpha value is -0.610. The zero-order valence-corrected chi connectivity index (χ0v) is 12.3. The maximum Gasteiger partial charge on any atom is 0.219 e. The van der Waals surface area contributed by atoms with Gasteiger partial charge in [-0.05, 0) is 44.4 Å². The molecule has 1 heterocycles. The minimum atomic E-state index is -0.496. The van der Waals surface area contributed by atoms with Crippen LogP contribution in [0.5, 0.6) is 0 Å². The normalized spacial score (nSPS) is 33.4. The van der Waals surface area contributed by atoms with Crippen molar-refractivity contribution >= 4 is 5.91 Å². The van der Waals surface area contributed by atoms with Crippen LogP contribution in [-0.2, 0) is 4.79 Å². The summed E-state index contributed by atoms with van der Waals surface area (Å²) < 4.78 is 0. The number of carbonyl (C=O) groups excluding carboxylic acids is 1. The van der Waals surface area contributed by atoms with Crippen LogP contribution < -0.4 is 5.32 Å². The van der Waals surface area contributed by atoms with Gasteiger partial charge >= 0.3 is 0 Å². The second-order valence-corrected chi connectivity index (χ2v) is 6.57. The Labute approximate surface area is 116 Å². The molecular formula is C15H28N2O2. The monoisotopic (exact) mass is 268 g/mol. The molecule has 0 unspecified atom stereocenters. The molecule has 0 atom stereocenters. The molecule has 1 aliphatic heterocycles. The van der Waals surface area contributed by atoms with Crippen LogP contribution in [0.15, 0.2) is 0 Å². The first-order valence-electron chi connectivity index (χ1n) is 7.70. The first-order valence-corrected chi connectivity index (χ1v) is 7.70. The summed E-state index contributed by atoms with van der Waals surface area (Å²) in [5, 5.41) is 14.1. The van der Waals surface area contributed by atoms with Crippen molar-refractivity contribution in [1.29, 1.82) is 0 Å². The summed E-state index contributed by atoms with van der Waals surface area (Å²) >= 11 is 0. The molecule has 2 aliphatic rings. The standard InChI is InChI=1S/C15H28N2O2/c1-12-3-7-15(19,8-4-12)11-16-14-5-9-17(10-6-14)13(2)18/h12,14,16,19H,3-11H2,1-2H3. The third kappa shape index (κ3) is 4.18. The Morgan fingerprint density at radius 3 is 2.37 bits per heavy atom. The highest BCUT2D eigenvalue weighted by atomic mass is 16.3. The van der Waals surface area contributed by atoms with Gasteiger partial charge in [-0.25, -0.2) is 0 Å². The van der Waals surface area contributed by atoms with Gasteiger partial charge in [-0.1, -0.05) is 6.92 Å². The number of carbonyl (C=O) groups is 1. The number of aliphatic hydroxyl groups is 1. The van der Waals surface area contributed by atoms with Crippen LogP contribution in [0.2, 0.25) is 0 Å². The summed E-state index contributed by atoms with van der Waals surface area (Å²) in [6.07, 6.45) is 6.14. The van der Waals surface area contributed by atoms with E-state index >= 15 is 0 Å². The largest absolute Gasteiger partial charge is 0.389 e. The minimum Gasteiger partial charge on any atom is -0.389 e. The molecule has 0 aromatic heterocycles. The van der Waals surface area contributed by atoms with E-state index in [0.29, 0.717) is 12.6 Å². The summed E-state index contributed by atoms with van der Waals surface area (Å²) in [6, 6.07) is 0.457. The number of nitrogens with one attached hydrogen (secondary N) is 1. The highest BCUT2D eigenvalue weighted by Crippen LogP contribution is 2.31. The van der Waals surface area contributed by atoms with Gasteiger partial charge in [0.15, 0.2) is 0 Å². The van der Waals surface area contributed by atoms with Gasteiger partial charge < -0.3 is 15.3 Å². The molecule has 0 aromatic rings. The summed E-state index contributed by atoms with van der Waals surface area (Å²) in [5.41, 5.74) is -0.496. The van der Waals surface area contributed by atoms with Gasteiger partial charge in [-0.15, -0.1) is 0 Å². The first-order chi connectivity index (χ1) is 8.98. The van der Waals surface area contributed by atoms with Crippen molar-refractivity contribution in [3.63, 3.8) is 0 Å². The van der Waals surface area contributed by atoms with E-state index in [9.17, 15) is 9.90 Å². The molecule has 0 spiro atoms. The third-order valence-electron chi connectivity index (χ3n) is 4.87. The van der Waals surface area contributed by atoms with E-state index in [4.69, 9.17) is 0 Å². The van der Waals surface area contributed by atoms with E-state index in [0.717, 1.165) is 57.5 Å². The van der Waals surface area contributed by atoms with E-state index in [1.54, 1.807) is 6.92 Å². The van der Waals surface area contributed by atoms with E-state index in [2.05, 4.69) is 12.2 Å². The lowest BCUT2D eigenvalue weighted by Crippen LogP contribution is -2.50. The average molecular weight is 268 g/mol. The lowest BCUT2D eigenvalue weighted by atomic mass is 9.79. The van der Waals surface area contributed by atoms with Crippen LogP contribution >= 0.6 is 0 Å². The van der Waals surface area contributed by atoms with Gasteiger partial charge in [0.25, 0.3) is 0 Å². The van der Waals surface area contributed by atoms with Gasteiger partial charge in [0.05, 0.1) is 5.60 Å². The number of amides is 1. The molecule has 1 amide bonds. The summed E-state index contributed by atoms with van der Waals surface area (Å²) in [4.78, 5) is 13.2. The maximum atomic E-state index is 11.3. The molecule has 0 radical (unpaired) electrons. The Bertz CT molecular complexity index is 303. The van der Waals surface area contributed by atoms with Crippen molar-refractivity contribution in [2.75, 3.05) is 19.6 Å². The Morgan fingerprint density at radius 2 is 1.84 bits per heavy atom. The van der Waals surface area contributed by atoms with E-state index in [1.807, 2.05) is 4.90 Å². The van der Waals surface area contributed by atoms with E-state index in [1.165, 1.54) is 0 Å². The number of hydrogen-bond acceptors (Lipinski definition) is 3. The Morgan fingerprint density at radius 1 is 1.26 bits per heavy atom. The van der Waals surface area contributed by atoms with Gasteiger partial charge in [0.2, 0.25) is 5.91 Å². The van der Waals surface area contributed by atoms with Crippen LogP contribution in [0.3, 0.4) is 0 Å². The van der Waals surface area contributed by atoms with Gasteiger partial charge in [0, 0.05) is 32.6 Å². The molecule has 0 aromatic carbocycles.